The van der Waals surface area contributed by atoms with Gasteiger partial charge in [0.1, 0.15) is 48.8 Å². The van der Waals surface area contributed by atoms with Crippen molar-refractivity contribution < 1.29 is 64.6 Å². The summed E-state index contributed by atoms with van der Waals surface area (Å²) in [4.78, 5) is 12.8. The molecule has 14 nitrogen and oxygen atoms in total. The Balaban J connectivity index is 1.63. The number of carbonyl (C=O) groups excluding carboxylic acids is 1. The van der Waals surface area contributed by atoms with Gasteiger partial charge >= 0.3 is 0 Å². The van der Waals surface area contributed by atoms with Crippen LogP contribution in [0, 0.1) is 0 Å². The van der Waals surface area contributed by atoms with E-state index in [0.29, 0.717) is 12.8 Å². The van der Waals surface area contributed by atoms with Gasteiger partial charge in [-0.3, -0.25) is 4.79 Å². The van der Waals surface area contributed by atoms with Crippen LogP contribution in [-0.4, -0.2) is 140 Å². The zero-order valence-corrected chi connectivity index (χ0v) is 40.5. The Morgan fingerprint density at radius 2 is 0.985 bits per heavy atom. The Labute approximate surface area is 392 Å². The molecule has 2 heterocycles. The van der Waals surface area contributed by atoms with Crippen molar-refractivity contribution in [1.29, 1.82) is 0 Å². The summed E-state index contributed by atoms with van der Waals surface area (Å²) >= 11 is 0. The number of aliphatic hydroxyl groups excluding tert-OH is 8. The quantitative estimate of drug-likeness (QED) is 0.0225. The van der Waals surface area contributed by atoms with Crippen molar-refractivity contribution in [3.63, 3.8) is 0 Å². The number of rotatable bonds is 40. The number of ether oxygens (including phenoxy) is 4. The molecule has 0 bridgehead atoms. The zero-order chi connectivity index (χ0) is 47.5. The lowest BCUT2D eigenvalue weighted by Gasteiger charge is -2.46. The third kappa shape index (κ3) is 25.6. The zero-order valence-electron chi connectivity index (χ0n) is 40.5. The minimum Gasteiger partial charge on any atom is -0.394 e. The second-order valence-electron chi connectivity index (χ2n) is 18.6. The van der Waals surface area contributed by atoms with E-state index < -0.39 is 86.8 Å². The fourth-order valence-electron chi connectivity index (χ4n) is 8.60. The molecule has 14 heteroatoms. The van der Waals surface area contributed by atoms with Crippen molar-refractivity contribution in [3.8, 4) is 0 Å². The first-order valence-corrected chi connectivity index (χ1v) is 26.1. The molecular weight excluding hydrogens is 835 g/mol. The van der Waals surface area contributed by atoms with E-state index in [-0.39, 0.29) is 18.9 Å². The van der Waals surface area contributed by atoms with Crippen LogP contribution < -0.4 is 5.32 Å². The standard InChI is InChI=1S/C51H95NO13/c1-3-5-7-8-9-10-11-12-13-14-15-16-17-18-19-20-21-22-23-24-25-26-27-28-29-30-31-33-34-40(55)39(52-43(56)35-32-6-4-2)38-62-50-48(61)46(59)49(42(37-54)64-50)65-51-47(60)45(58)44(57)41(36-53)63-51/h28-29,33-34,39-42,44-51,53-55,57-61H,3-27,30-32,35-38H2,1-2H3,(H,52,56)/b29-28+,34-33+. The van der Waals surface area contributed by atoms with E-state index in [2.05, 4.69) is 24.4 Å². The van der Waals surface area contributed by atoms with Gasteiger partial charge in [0.15, 0.2) is 12.6 Å². The Morgan fingerprint density at radius 1 is 0.538 bits per heavy atom. The molecule has 2 rings (SSSR count). The molecule has 0 aromatic rings. The molecule has 0 radical (unpaired) electrons. The second-order valence-corrected chi connectivity index (χ2v) is 18.6. The van der Waals surface area contributed by atoms with Gasteiger partial charge in [-0.25, -0.2) is 0 Å². The molecule has 9 N–H and O–H groups in total. The molecule has 0 aliphatic carbocycles. The molecular formula is C51H95NO13. The summed E-state index contributed by atoms with van der Waals surface area (Å²) in [6, 6.07) is -0.923. The average Bonchev–Trinajstić information content (AvgIpc) is 3.30. The normalized spacial score (nSPS) is 27.2. The van der Waals surface area contributed by atoms with Crippen molar-refractivity contribution in [2.45, 2.75) is 274 Å². The van der Waals surface area contributed by atoms with Crippen LogP contribution in [0.5, 0.6) is 0 Å². The van der Waals surface area contributed by atoms with Gasteiger partial charge < -0.3 is 65.1 Å². The summed E-state index contributed by atoms with van der Waals surface area (Å²) in [5.74, 6) is -0.274. The van der Waals surface area contributed by atoms with Gasteiger partial charge in [-0.2, -0.15) is 0 Å². The molecule has 12 unspecified atom stereocenters. The first-order chi connectivity index (χ1) is 31.6. The molecule has 1 amide bonds. The van der Waals surface area contributed by atoms with Crippen LogP contribution in [0.15, 0.2) is 24.3 Å². The topological polar surface area (TPSA) is 228 Å². The van der Waals surface area contributed by atoms with E-state index in [1.807, 2.05) is 13.0 Å². The van der Waals surface area contributed by atoms with E-state index in [1.165, 1.54) is 141 Å². The fraction of sp³-hybridized carbons (Fsp3) is 0.902. The molecule has 0 saturated carbocycles. The summed E-state index contributed by atoms with van der Waals surface area (Å²) < 4.78 is 22.5. The van der Waals surface area contributed by atoms with Crippen LogP contribution in [0.3, 0.4) is 0 Å². The molecule has 12 atom stereocenters. The molecule has 0 spiro atoms. The van der Waals surface area contributed by atoms with Crippen LogP contribution >= 0.6 is 0 Å². The van der Waals surface area contributed by atoms with Crippen molar-refractivity contribution in [1.82, 2.24) is 5.32 Å². The Bertz CT molecular complexity index is 1190. The third-order valence-corrected chi connectivity index (χ3v) is 12.9. The number of amides is 1. The van der Waals surface area contributed by atoms with Gasteiger partial charge in [-0.15, -0.1) is 0 Å². The number of nitrogens with one attached hydrogen (secondary N) is 1. The molecule has 2 fully saturated rings. The van der Waals surface area contributed by atoms with Crippen LogP contribution in [-0.2, 0) is 23.7 Å². The van der Waals surface area contributed by atoms with Gasteiger partial charge in [0.25, 0.3) is 0 Å². The first kappa shape index (κ1) is 59.6. The predicted octanol–water partition coefficient (Wildman–Crippen LogP) is 6.94. The average molecular weight is 930 g/mol. The largest absolute Gasteiger partial charge is 0.394 e. The Hall–Kier alpha value is -1.53. The van der Waals surface area contributed by atoms with Gasteiger partial charge in [0, 0.05) is 6.42 Å². The van der Waals surface area contributed by atoms with E-state index in [4.69, 9.17) is 18.9 Å². The van der Waals surface area contributed by atoms with Gasteiger partial charge in [-0.1, -0.05) is 186 Å². The summed E-state index contributed by atoms with van der Waals surface area (Å²) in [6.07, 6.45) is 26.5. The molecule has 0 aromatic carbocycles. The number of hydrogen-bond donors (Lipinski definition) is 9. The maximum atomic E-state index is 12.8. The SMILES string of the molecule is CCCCCCCCCCCCCCCCCCCCCCCC/C=C/CC/C=C/C(O)C(COC1OC(CO)C(OC2OC(CO)C(O)C(O)C2O)C(O)C1O)NC(=O)CCCCC. The molecule has 382 valence electrons. The molecule has 0 aromatic heterocycles. The summed E-state index contributed by atoms with van der Waals surface area (Å²) in [7, 11) is 0. The summed E-state index contributed by atoms with van der Waals surface area (Å²) in [5, 5.41) is 86.0. The van der Waals surface area contributed by atoms with Crippen molar-refractivity contribution in [2.75, 3.05) is 19.8 Å². The van der Waals surface area contributed by atoms with Crippen molar-refractivity contribution in [2.24, 2.45) is 0 Å². The van der Waals surface area contributed by atoms with Gasteiger partial charge in [0.2, 0.25) is 5.91 Å². The maximum absolute atomic E-state index is 12.8. The highest BCUT2D eigenvalue weighted by molar-refractivity contribution is 5.76. The Morgan fingerprint density at radius 3 is 1.51 bits per heavy atom. The predicted molar refractivity (Wildman–Crippen MR) is 254 cm³/mol. The van der Waals surface area contributed by atoms with Crippen LogP contribution in [0.1, 0.15) is 200 Å². The Kier molecular flexibility index (Phi) is 35.1. The van der Waals surface area contributed by atoms with E-state index >= 15 is 0 Å². The smallest absolute Gasteiger partial charge is 0.220 e. The minimum atomic E-state index is -1.79. The number of allylic oxidation sites excluding steroid dienone is 3. The van der Waals surface area contributed by atoms with Crippen molar-refractivity contribution in [3.05, 3.63) is 24.3 Å². The molecule has 2 aliphatic rings. The first-order valence-electron chi connectivity index (χ1n) is 26.1. The highest BCUT2D eigenvalue weighted by Gasteiger charge is 2.51. The van der Waals surface area contributed by atoms with E-state index in [1.54, 1.807) is 6.08 Å². The van der Waals surface area contributed by atoms with E-state index in [0.717, 1.165) is 25.7 Å². The maximum Gasteiger partial charge on any atom is 0.220 e. The van der Waals surface area contributed by atoms with E-state index in [9.17, 15) is 45.6 Å². The third-order valence-electron chi connectivity index (χ3n) is 12.9. The lowest BCUT2D eigenvalue weighted by molar-refractivity contribution is -0.359. The van der Waals surface area contributed by atoms with Crippen LogP contribution in [0.4, 0.5) is 0 Å². The molecule has 2 aliphatic heterocycles. The lowest BCUT2D eigenvalue weighted by atomic mass is 9.97. The van der Waals surface area contributed by atoms with Crippen molar-refractivity contribution >= 4 is 5.91 Å². The molecule has 2 saturated heterocycles. The van der Waals surface area contributed by atoms with Gasteiger partial charge in [-0.05, 0) is 32.1 Å². The summed E-state index contributed by atoms with van der Waals surface area (Å²) in [6.45, 7) is 2.58. The minimum absolute atomic E-state index is 0.260. The highest BCUT2D eigenvalue weighted by Crippen LogP contribution is 2.30. The van der Waals surface area contributed by atoms with Crippen LogP contribution in [0.25, 0.3) is 0 Å². The number of hydrogen-bond acceptors (Lipinski definition) is 13. The summed E-state index contributed by atoms with van der Waals surface area (Å²) in [5.41, 5.74) is 0. The monoisotopic (exact) mass is 930 g/mol. The lowest BCUT2D eigenvalue weighted by Crippen LogP contribution is -2.65. The number of aliphatic hydroxyl groups is 8. The second kappa shape index (κ2) is 38.3. The molecule has 65 heavy (non-hydrogen) atoms. The van der Waals surface area contributed by atoms with Gasteiger partial charge in [0.05, 0.1) is 32.0 Å². The fourth-order valence-corrected chi connectivity index (χ4v) is 8.60. The van der Waals surface area contributed by atoms with Crippen LogP contribution in [0.2, 0.25) is 0 Å². The number of carbonyl (C=O) groups is 1. The highest BCUT2D eigenvalue weighted by atomic mass is 16.7. The number of unbranched alkanes of at least 4 members (excludes halogenated alkanes) is 25.